The number of halogens is 2. The Morgan fingerprint density at radius 3 is 2.63 bits per heavy atom. The zero-order valence-electron chi connectivity index (χ0n) is 11.1. The van der Waals surface area contributed by atoms with Gasteiger partial charge in [-0.3, -0.25) is 0 Å². The van der Waals surface area contributed by atoms with Crippen LogP contribution in [0.2, 0.25) is 0 Å². The standard InChI is InChI=1S/C14H17BrClN3/c1-10(2)9-19-13(17-18-14(19)8-16)7-11-4-3-5-12(15)6-11/h3-6,10H,7-9H2,1-2H3. The number of benzene rings is 1. The summed E-state index contributed by atoms with van der Waals surface area (Å²) in [6.07, 6.45) is 0.774. The van der Waals surface area contributed by atoms with Crippen LogP contribution in [0.3, 0.4) is 0 Å². The third kappa shape index (κ3) is 3.80. The molecule has 5 heteroatoms. The van der Waals surface area contributed by atoms with Crippen molar-refractivity contribution in [2.75, 3.05) is 0 Å². The van der Waals surface area contributed by atoms with Gasteiger partial charge in [-0.2, -0.15) is 0 Å². The predicted octanol–water partition coefficient (Wildman–Crippen LogP) is 4.03. The fourth-order valence-electron chi connectivity index (χ4n) is 2.01. The lowest BCUT2D eigenvalue weighted by atomic mass is 10.1. The highest BCUT2D eigenvalue weighted by Gasteiger charge is 2.13. The highest BCUT2D eigenvalue weighted by atomic mass is 79.9. The van der Waals surface area contributed by atoms with E-state index in [1.54, 1.807) is 0 Å². The third-order valence-electron chi connectivity index (χ3n) is 2.82. The first-order chi connectivity index (χ1) is 9.10. The first kappa shape index (κ1) is 14.5. The van der Waals surface area contributed by atoms with Gasteiger partial charge in [0, 0.05) is 17.4 Å². The fourth-order valence-corrected chi connectivity index (χ4v) is 2.65. The highest BCUT2D eigenvalue weighted by Crippen LogP contribution is 2.16. The van der Waals surface area contributed by atoms with E-state index in [2.05, 4.69) is 56.7 Å². The Morgan fingerprint density at radius 1 is 1.26 bits per heavy atom. The Hall–Kier alpha value is -0.870. The summed E-state index contributed by atoms with van der Waals surface area (Å²) in [5.41, 5.74) is 1.22. The molecule has 3 nitrogen and oxygen atoms in total. The van der Waals surface area contributed by atoms with Crippen LogP contribution < -0.4 is 0 Å². The van der Waals surface area contributed by atoms with E-state index in [-0.39, 0.29) is 0 Å². The van der Waals surface area contributed by atoms with E-state index in [0.29, 0.717) is 11.8 Å². The first-order valence-corrected chi connectivity index (χ1v) is 7.64. The molecule has 2 rings (SSSR count). The molecule has 0 aliphatic heterocycles. The second-order valence-corrected chi connectivity index (χ2v) is 6.16. The molecule has 0 saturated carbocycles. The average molecular weight is 343 g/mol. The van der Waals surface area contributed by atoms with Crippen molar-refractivity contribution in [1.29, 1.82) is 0 Å². The molecule has 0 atom stereocenters. The van der Waals surface area contributed by atoms with E-state index in [1.807, 2.05) is 12.1 Å². The topological polar surface area (TPSA) is 30.7 Å². The molecule has 0 aliphatic rings. The molecule has 0 aliphatic carbocycles. The van der Waals surface area contributed by atoms with Gasteiger partial charge in [0.05, 0.1) is 5.88 Å². The van der Waals surface area contributed by atoms with Crippen molar-refractivity contribution in [3.8, 4) is 0 Å². The molecule has 0 amide bonds. The van der Waals surface area contributed by atoms with Crippen LogP contribution in [0.1, 0.15) is 31.1 Å². The average Bonchev–Trinajstić information content (AvgIpc) is 2.71. The first-order valence-electron chi connectivity index (χ1n) is 6.31. The molecule has 0 unspecified atom stereocenters. The summed E-state index contributed by atoms with van der Waals surface area (Å²) in [6, 6.07) is 8.26. The second kappa shape index (κ2) is 6.53. The van der Waals surface area contributed by atoms with Crippen molar-refractivity contribution in [3.05, 3.63) is 46.0 Å². The van der Waals surface area contributed by atoms with Crippen LogP contribution in [0.25, 0.3) is 0 Å². The fraction of sp³-hybridized carbons (Fsp3) is 0.429. The Kier molecular flexibility index (Phi) is 4.99. The van der Waals surface area contributed by atoms with Gasteiger partial charge in [0.25, 0.3) is 0 Å². The zero-order chi connectivity index (χ0) is 13.8. The smallest absolute Gasteiger partial charge is 0.147 e. The van der Waals surface area contributed by atoms with Crippen molar-refractivity contribution in [1.82, 2.24) is 14.8 Å². The van der Waals surface area contributed by atoms with Crippen LogP contribution >= 0.6 is 27.5 Å². The monoisotopic (exact) mass is 341 g/mol. The van der Waals surface area contributed by atoms with E-state index in [9.17, 15) is 0 Å². The number of alkyl halides is 1. The molecular formula is C14H17BrClN3. The van der Waals surface area contributed by atoms with Gasteiger partial charge in [-0.1, -0.05) is 41.9 Å². The molecule has 0 spiro atoms. The maximum absolute atomic E-state index is 5.93. The molecule has 0 saturated heterocycles. The Balaban J connectivity index is 2.27. The van der Waals surface area contributed by atoms with Crippen molar-refractivity contribution in [2.45, 2.75) is 32.7 Å². The van der Waals surface area contributed by atoms with Gasteiger partial charge in [0.1, 0.15) is 11.6 Å². The van der Waals surface area contributed by atoms with E-state index in [1.165, 1.54) is 5.56 Å². The third-order valence-corrected chi connectivity index (χ3v) is 3.55. The molecule has 102 valence electrons. The van der Waals surface area contributed by atoms with Gasteiger partial charge >= 0.3 is 0 Å². The summed E-state index contributed by atoms with van der Waals surface area (Å²) in [4.78, 5) is 0. The molecule has 1 aromatic carbocycles. The van der Waals surface area contributed by atoms with Gasteiger partial charge in [-0.25, -0.2) is 0 Å². The van der Waals surface area contributed by atoms with Gasteiger partial charge in [0.2, 0.25) is 0 Å². The summed E-state index contributed by atoms with van der Waals surface area (Å²) in [5, 5.41) is 8.45. The van der Waals surface area contributed by atoms with Gasteiger partial charge < -0.3 is 4.57 Å². The van der Waals surface area contributed by atoms with Crippen LogP contribution in [0, 0.1) is 5.92 Å². The Bertz CT molecular complexity index is 551. The molecule has 0 radical (unpaired) electrons. The van der Waals surface area contributed by atoms with Crippen LogP contribution in [0.5, 0.6) is 0 Å². The minimum Gasteiger partial charge on any atom is -0.313 e. The molecule has 2 aromatic rings. The lowest BCUT2D eigenvalue weighted by Crippen LogP contribution is -2.11. The minimum atomic E-state index is 0.401. The maximum atomic E-state index is 5.93. The largest absolute Gasteiger partial charge is 0.313 e. The molecule has 1 aromatic heterocycles. The maximum Gasteiger partial charge on any atom is 0.147 e. The second-order valence-electron chi connectivity index (χ2n) is 4.98. The SMILES string of the molecule is CC(C)Cn1c(CCl)nnc1Cc1cccc(Br)c1. The minimum absolute atomic E-state index is 0.401. The van der Waals surface area contributed by atoms with Crippen LogP contribution in [-0.2, 0) is 18.8 Å². The molecule has 0 fully saturated rings. The van der Waals surface area contributed by atoms with E-state index >= 15 is 0 Å². The normalized spacial score (nSPS) is 11.2. The molecule has 1 heterocycles. The summed E-state index contributed by atoms with van der Waals surface area (Å²) < 4.78 is 3.22. The number of hydrogen-bond acceptors (Lipinski definition) is 2. The number of rotatable bonds is 5. The lowest BCUT2D eigenvalue weighted by Gasteiger charge is -2.11. The van der Waals surface area contributed by atoms with Crippen molar-refractivity contribution in [2.24, 2.45) is 5.92 Å². The van der Waals surface area contributed by atoms with Crippen molar-refractivity contribution < 1.29 is 0 Å². The van der Waals surface area contributed by atoms with Crippen molar-refractivity contribution >= 4 is 27.5 Å². The van der Waals surface area contributed by atoms with E-state index in [0.717, 1.165) is 29.1 Å². The van der Waals surface area contributed by atoms with Gasteiger partial charge in [-0.05, 0) is 23.6 Å². The van der Waals surface area contributed by atoms with Crippen molar-refractivity contribution in [3.63, 3.8) is 0 Å². The summed E-state index contributed by atoms with van der Waals surface area (Å²) in [6.45, 7) is 5.26. The Morgan fingerprint density at radius 2 is 2.00 bits per heavy atom. The van der Waals surface area contributed by atoms with Crippen LogP contribution in [-0.4, -0.2) is 14.8 Å². The summed E-state index contributed by atoms with van der Waals surface area (Å²) in [7, 11) is 0. The number of aromatic nitrogens is 3. The highest BCUT2D eigenvalue weighted by molar-refractivity contribution is 9.10. The van der Waals surface area contributed by atoms with Crippen LogP contribution in [0.4, 0.5) is 0 Å². The summed E-state index contributed by atoms with van der Waals surface area (Å²) in [5.74, 6) is 2.76. The number of hydrogen-bond donors (Lipinski definition) is 0. The molecule has 19 heavy (non-hydrogen) atoms. The zero-order valence-corrected chi connectivity index (χ0v) is 13.4. The van der Waals surface area contributed by atoms with E-state index < -0.39 is 0 Å². The molecular weight excluding hydrogens is 326 g/mol. The number of nitrogens with zero attached hydrogens (tertiary/aromatic N) is 3. The summed E-state index contributed by atoms with van der Waals surface area (Å²) >= 11 is 9.42. The van der Waals surface area contributed by atoms with Gasteiger partial charge in [-0.15, -0.1) is 21.8 Å². The van der Waals surface area contributed by atoms with Gasteiger partial charge in [0.15, 0.2) is 0 Å². The molecule has 0 N–H and O–H groups in total. The predicted molar refractivity (Wildman–Crippen MR) is 81.4 cm³/mol. The Labute approximate surface area is 127 Å². The molecule has 0 bridgehead atoms. The van der Waals surface area contributed by atoms with Crippen LogP contribution in [0.15, 0.2) is 28.7 Å². The quantitative estimate of drug-likeness (QED) is 0.768. The lowest BCUT2D eigenvalue weighted by molar-refractivity contribution is 0.499. The van der Waals surface area contributed by atoms with E-state index in [4.69, 9.17) is 11.6 Å².